The first-order valence-electron chi connectivity index (χ1n) is 4.32. The SMILES string of the molecule is CC(C)(C)OC(=O)N1C=CC(N)C1. The molecule has 0 fully saturated rings. The molecule has 0 saturated carbocycles. The Labute approximate surface area is 78.3 Å². The Balaban J connectivity index is 2.46. The van der Waals surface area contributed by atoms with Crippen LogP contribution in [-0.4, -0.2) is 29.2 Å². The Morgan fingerprint density at radius 1 is 1.62 bits per heavy atom. The molecule has 4 nitrogen and oxygen atoms in total. The fourth-order valence-corrected chi connectivity index (χ4v) is 1.02. The van der Waals surface area contributed by atoms with E-state index in [1.54, 1.807) is 12.3 Å². The molecule has 1 heterocycles. The third-order valence-corrected chi connectivity index (χ3v) is 1.55. The van der Waals surface area contributed by atoms with Gasteiger partial charge in [0.2, 0.25) is 0 Å². The van der Waals surface area contributed by atoms with Crippen molar-refractivity contribution in [1.82, 2.24) is 4.90 Å². The minimum Gasteiger partial charge on any atom is -0.443 e. The van der Waals surface area contributed by atoms with E-state index in [1.165, 1.54) is 4.90 Å². The number of nitrogens with zero attached hydrogens (tertiary/aromatic N) is 1. The lowest BCUT2D eigenvalue weighted by atomic mass is 10.2. The summed E-state index contributed by atoms with van der Waals surface area (Å²) in [5, 5.41) is 0. The monoisotopic (exact) mass is 184 g/mol. The van der Waals surface area contributed by atoms with Gasteiger partial charge in [-0.1, -0.05) is 0 Å². The number of carbonyl (C=O) groups excluding carboxylic acids is 1. The standard InChI is InChI=1S/C9H16N2O2/c1-9(2,3)13-8(12)11-5-4-7(10)6-11/h4-5,7H,6,10H2,1-3H3. The van der Waals surface area contributed by atoms with Crippen molar-refractivity contribution in [1.29, 1.82) is 0 Å². The molecule has 1 unspecified atom stereocenters. The van der Waals surface area contributed by atoms with E-state index < -0.39 is 5.60 Å². The summed E-state index contributed by atoms with van der Waals surface area (Å²) in [6.07, 6.45) is 3.11. The number of nitrogens with two attached hydrogens (primary N) is 1. The second kappa shape index (κ2) is 3.38. The van der Waals surface area contributed by atoms with Crippen LogP contribution in [-0.2, 0) is 4.74 Å². The molecule has 1 aliphatic rings. The minimum atomic E-state index is -0.447. The summed E-state index contributed by atoms with van der Waals surface area (Å²) >= 11 is 0. The highest BCUT2D eigenvalue weighted by molar-refractivity contribution is 5.70. The molecule has 1 rings (SSSR count). The summed E-state index contributed by atoms with van der Waals surface area (Å²) in [6.45, 7) is 6.02. The summed E-state index contributed by atoms with van der Waals surface area (Å²) < 4.78 is 5.15. The van der Waals surface area contributed by atoms with Crippen LogP contribution in [0.1, 0.15) is 20.8 Å². The zero-order chi connectivity index (χ0) is 10.1. The predicted molar refractivity (Wildman–Crippen MR) is 50.1 cm³/mol. The molecule has 4 heteroatoms. The van der Waals surface area contributed by atoms with E-state index in [2.05, 4.69) is 0 Å². The third-order valence-electron chi connectivity index (χ3n) is 1.55. The Bertz CT molecular complexity index is 230. The summed E-state index contributed by atoms with van der Waals surface area (Å²) in [4.78, 5) is 12.9. The van der Waals surface area contributed by atoms with Crippen LogP contribution in [0, 0.1) is 0 Å². The number of ether oxygens (including phenoxy) is 1. The lowest BCUT2D eigenvalue weighted by Crippen LogP contribution is -2.36. The minimum absolute atomic E-state index is 0.0625. The molecule has 0 aromatic carbocycles. The molecule has 1 amide bonds. The van der Waals surface area contributed by atoms with Crippen molar-refractivity contribution in [2.45, 2.75) is 32.4 Å². The molecule has 13 heavy (non-hydrogen) atoms. The highest BCUT2D eigenvalue weighted by Crippen LogP contribution is 2.12. The van der Waals surface area contributed by atoms with Crippen molar-refractivity contribution in [3.63, 3.8) is 0 Å². The average molecular weight is 184 g/mol. The molecular formula is C9H16N2O2. The summed E-state index contributed by atoms with van der Waals surface area (Å²) in [5.41, 5.74) is 5.14. The molecule has 0 radical (unpaired) electrons. The van der Waals surface area contributed by atoms with Gasteiger partial charge in [0.1, 0.15) is 5.60 Å². The van der Waals surface area contributed by atoms with E-state index in [1.807, 2.05) is 20.8 Å². The van der Waals surface area contributed by atoms with Gasteiger partial charge in [-0.25, -0.2) is 4.79 Å². The van der Waals surface area contributed by atoms with Gasteiger partial charge in [0.05, 0.1) is 0 Å². The maximum absolute atomic E-state index is 11.4. The highest BCUT2D eigenvalue weighted by Gasteiger charge is 2.24. The number of rotatable bonds is 0. The van der Waals surface area contributed by atoms with Gasteiger partial charge in [0, 0.05) is 18.8 Å². The van der Waals surface area contributed by atoms with Gasteiger partial charge < -0.3 is 10.5 Å². The van der Waals surface area contributed by atoms with Crippen molar-refractivity contribution in [2.24, 2.45) is 5.73 Å². The van der Waals surface area contributed by atoms with Crippen LogP contribution in [0.2, 0.25) is 0 Å². The van der Waals surface area contributed by atoms with Crippen LogP contribution in [0.5, 0.6) is 0 Å². The zero-order valence-corrected chi connectivity index (χ0v) is 8.28. The lowest BCUT2D eigenvalue weighted by Gasteiger charge is -2.23. The first-order chi connectivity index (χ1) is 5.88. The molecule has 1 aliphatic heterocycles. The largest absolute Gasteiger partial charge is 0.443 e. The third kappa shape index (κ3) is 3.06. The fraction of sp³-hybridized carbons (Fsp3) is 0.667. The van der Waals surface area contributed by atoms with Crippen molar-refractivity contribution in [2.75, 3.05) is 6.54 Å². The van der Waals surface area contributed by atoms with Crippen molar-refractivity contribution in [3.8, 4) is 0 Å². The van der Waals surface area contributed by atoms with E-state index in [9.17, 15) is 4.79 Å². The van der Waals surface area contributed by atoms with Crippen LogP contribution >= 0.6 is 0 Å². The normalized spacial score (nSPS) is 22.2. The lowest BCUT2D eigenvalue weighted by molar-refractivity contribution is 0.0345. The number of hydrogen-bond acceptors (Lipinski definition) is 3. The summed E-state index contributed by atoms with van der Waals surface area (Å²) in [7, 11) is 0. The Morgan fingerprint density at radius 3 is 2.62 bits per heavy atom. The first kappa shape index (κ1) is 10.1. The second-order valence-corrected chi connectivity index (χ2v) is 4.14. The predicted octanol–water partition coefficient (Wildman–Crippen LogP) is 1.08. The highest BCUT2D eigenvalue weighted by atomic mass is 16.6. The van der Waals surface area contributed by atoms with Gasteiger partial charge in [0.25, 0.3) is 0 Å². The Hall–Kier alpha value is -1.03. The molecule has 0 bridgehead atoms. The van der Waals surface area contributed by atoms with Crippen LogP contribution in [0.15, 0.2) is 12.3 Å². The molecule has 0 spiro atoms. The summed E-state index contributed by atoms with van der Waals surface area (Å²) in [5.74, 6) is 0. The van der Waals surface area contributed by atoms with Gasteiger partial charge in [0.15, 0.2) is 0 Å². The number of hydrogen-bond donors (Lipinski definition) is 1. The molecular weight excluding hydrogens is 168 g/mol. The Kier molecular flexibility index (Phi) is 2.61. The van der Waals surface area contributed by atoms with E-state index in [0.29, 0.717) is 6.54 Å². The molecule has 1 atom stereocenters. The van der Waals surface area contributed by atoms with Crippen molar-refractivity contribution in [3.05, 3.63) is 12.3 Å². The van der Waals surface area contributed by atoms with Gasteiger partial charge in [-0.3, -0.25) is 4.90 Å². The molecule has 0 aromatic rings. The Morgan fingerprint density at radius 2 is 2.23 bits per heavy atom. The fourth-order valence-electron chi connectivity index (χ4n) is 1.02. The van der Waals surface area contributed by atoms with Crippen molar-refractivity contribution < 1.29 is 9.53 Å². The van der Waals surface area contributed by atoms with Gasteiger partial charge in [-0.2, -0.15) is 0 Å². The topological polar surface area (TPSA) is 55.6 Å². The van der Waals surface area contributed by atoms with Crippen LogP contribution in [0.4, 0.5) is 4.79 Å². The van der Waals surface area contributed by atoms with E-state index in [4.69, 9.17) is 10.5 Å². The number of carbonyl (C=O) groups is 1. The van der Waals surface area contributed by atoms with Crippen LogP contribution in [0.3, 0.4) is 0 Å². The maximum atomic E-state index is 11.4. The zero-order valence-electron chi connectivity index (χ0n) is 8.28. The van der Waals surface area contributed by atoms with E-state index in [-0.39, 0.29) is 12.1 Å². The van der Waals surface area contributed by atoms with Gasteiger partial charge in [-0.15, -0.1) is 0 Å². The van der Waals surface area contributed by atoms with Gasteiger partial charge >= 0.3 is 6.09 Å². The molecule has 74 valence electrons. The molecule has 0 aliphatic carbocycles. The van der Waals surface area contributed by atoms with Crippen molar-refractivity contribution >= 4 is 6.09 Å². The second-order valence-electron chi connectivity index (χ2n) is 4.14. The molecule has 0 aromatic heterocycles. The summed E-state index contributed by atoms with van der Waals surface area (Å²) in [6, 6.07) is -0.0625. The molecule has 0 saturated heterocycles. The number of amides is 1. The average Bonchev–Trinajstić information content (AvgIpc) is 2.31. The smallest absolute Gasteiger partial charge is 0.414 e. The van der Waals surface area contributed by atoms with Gasteiger partial charge in [-0.05, 0) is 26.8 Å². The first-order valence-corrected chi connectivity index (χ1v) is 4.32. The van der Waals surface area contributed by atoms with E-state index >= 15 is 0 Å². The quantitative estimate of drug-likeness (QED) is 0.613. The van der Waals surface area contributed by atoms with E-state index in [0.717, 1.165) is 0 Å². The molecule has 2 N–H and O–H groups in total. The van der Waals surface area contributed by atoms with Crippen LogP contribution in [0.25, 0.3) is 0 Å². The van der Waals surface area contributed by atoms with Crippen LogP contribution < -0.4 is 5.73 Å². The maximum Gasteiger partial charge on any atom is 0.414 e.